The average molecular weight is 175 g/mol. The maximum Gasteiger partial charge on any atom is 0.0183 e. The summed E-state index contributed by atoms with van der Waals surface area (Å²) in [5.74, 6) is 0. The molecule has 0 aromatic rings. The third-order valence-electron chi connectivity index (χ3n) is 1.74. The summed E-state index contributed by atoms with van der Waals surface area (Å²) < 4.78 is 0. The van der Waals surface area contributed by atoms with E-state index in [1.54, 1.807) is 6.08 Å². The fourth-order valence-electron chi connectivity index (χ4n) is 0.747. The predicted molar refractivity (Wildman–Crippen MR) is 60.3 cm³/mol. The standard InChI is InChI=1S/C12H17N/c1-5-11(4)6-7-12(8-9-13)10(2)3/h5-9,13H,2H2,1,3-4H3/b7-6-,11-5-,12-8-,13-9?. The van der Waals surface area contributed by atoms with Gasteiger partial charge in [0, 0.05) is 6.21 Å². The Balaban J connectivity index is 4.63. The second kappa shape index (κ2) is 6.18. The van der Waals surface area contributed by atoms with Gasteiger partial charge in [-0.15, -0.1) is 0 Å². The molecule has 0 bridgehead atoms. The summed E-state index contributed by atoms with van der Waals surface area (Å²) >= 11 is 0. The van der Waals surface area contributed by atoms with E-state index in [4.69, 9.17) is 5.41 Å². The predicted octanol–water partition coefficient (Wildman–Crippen LogP) is 3.66. The number of allylic oxidation sites excluding steroid dienone is 7. The zero-order valence-electron chi connectivity index (χ0n) is 8.59. The lowest BCUT2D eigenvalue weighted by Gasteiger charge is -1.98. The molecule has 0 unspecified atom stereocenters. The van der Waals surface area contributed by atoms with Crippen LogP contribution in [0, 0.1) is 5.41 Å². The van der Waals surface area contributed by atoms with Gasteiger partial charge in [0.05, 0.1) is 0 Å². The molecule has 0 atom stereocenters. The van der Waals surface area contributed by atoms with E-state index >= 15 is 0 Å². The Labute approximate surface area is 80.7 Å². The highest BCUT2D eigenvalue weighted by atomic mass is 14.3. The normalized spacial score (nSPS) is 13.5. The summed E-state index contributed by atoms with van der Waals surface area (Å²) in [6, 6.07) is 0. The minimum absolute atomic E-state index is 0.976. The molecule has 0 radical (unpaired) electrons. The van der Waals surface area contributed by atoms with Gasteiger partial charge in [0.25, 0.3) is 0 Å². The van der Waals surface area contributed by atoms with Crippen molar-refractivity contribution in [2.75, 3.05) is 0 Å². The van der Waals surface area contributed by atoms with E-state index in [0.717, 1.165) is 11.1 Å². The zero-order chi connectivity index (χ0) is 10.3. The quantitative estimate of drug-likeness (QED) is 0.498. The molecule has 0 saturated heterocycles. The number of nitrogens with one attached hydrogen (secondary N) is 1. The van der Waals surface area contributed by atoms with Crippen molar-refractivity contribution in [1.29, 1.82) is 5.41 Å². The van der Waals surface area contributed by atoms with Crippen LogP contribution in [0.25, 0.3) is 0 Å². The Morgan fingerprint density at radius 3 is 2.23 bits per heavy atom. The smallest absolute Gasteiger partial charge is 0.0183 e. The van der Waals surface area contributed by atoms with Gasteiger partial charge in [-0.2, -0.15) is 0 Å². The topological polar surface area (TPSA) is 23.9 Å². The molecular weight excluding hydrogens is 158 g/mol. The van der Waals surface area contributed by atoms with Crippen molar-refractivity contribution >= 4 is 6.21 Å². The van der Waals surface area contributed by atoms with Gasteiger partial charge in [-0.3, -0.25) is 0 Å². The van der Waals surface area contributed by atoms with Crippen LogP contribution in [0.15, 0.2) is 47.6 Å². The van der Waals surface area contributed by atoms with Crippen LogP contribution in [0.5, 0.6) is 0 Å². The minimum Gasteiger partial charge on any atom is -0.309 e. The Morgan fingerprint density at radius 2 is 1.85 bits per heavy atom. The van der Waals surface area contributed by atoms with Gasteiger partial charge in [0.15, 0.2) is 0 Å². The Morgan fingerprint density at radius 1 is 1.23 bits per heavy atom. The molecule has 70 valence electrons. The highest BCUT2D eigenvalue weighted by molar-refractivity contribution is 5.71. The number of hydrogen-bond acceptors (Lipinski definition) is 1. The lowest BCUT2D eigenvalue weighted by atomic mass is 10.1. The van der Waals surface area contributed by atoms with E-state index in [1.165, 1.54) is 11.8 Å². The molecule has 1 heteroatoms. The Kier molecular flexibility index (Phi) is 5.53. The van der Waals surface area contributed by atoms with E-state index in [0.29, 0.717) is 0 Å². The Hall–Kier alpha value is -1.37. The van der Waals surface area contributed by atoms with Crippen molar-refractivity contribution in [2.24, 2.45) is 0 Å². The van der Waals surface area contributed by atoms with Gasteiger partial charge in [-0.25, -0.2) is 0 Å². The molecule has 0 rings (SSSR count). The molecule has 0 aliphatic rings. The van der Waals surface area contributed by atoms with Crippen molar-refractivity contribution in [3.05, 3.63) is 47.6 Å². The SMILES string of the molecule is C=C(C)C(/C=C\C(C)=C/C)=C\C=N. The lowest BCUT2D eigenvalue weighted by molar-refractivity contribution is 1.42. The summed E-state index contributed by atoms with van der Waals surface area (Å²) in [6.45, 7) is 9.81. The molecule has 0 saturated carbocycles. The highest BCUT2D eigenvalue weighted by Crippen LogP contribution is 2.09. The van der Waals surface area contributed by atoms with Gasteiger partial charge < -0.3 is 5.41 Å². The van der Waals surface area contributed by atoms with Crippen LogP contribution >= 0.6 is 0 Å². The fraction of sp³-hybridized carbons (Fsp3) is 0.250. The van der Waals surface area contributed by atoms with Gasteiger partial charge in [-0.05, 0) is 32.4 Å². The minimum atomic E-state index is 0.976. The maximum absolute atomic E-state index is 6.97. The first kappa shape index (κ1) is 11.6. The highest BCUT2D eigenvalue weighted by Gasteiger charge is 1.90. The van der Waals surface area contributed by atoms with E-state index < -0.39 is 0 Å². The number of rotatable bonds is 4. The van der Waals surface area contributed by atoms with E-state index in [9.17, 15) is 0 Å². The first-order chi connectivity index (χ1) is 6.11. The maximum atomic E-state index is 6.97. The van der Waals surface area contributed by atoms with E-state index in [1.807, 2.05) is 39.0 Å². The monoisotopic (exact) mass is 175 g/mol. The molecule has 0 aromatic heterocycles. The molecule has 0 amide bonds. The van der Waals surface area contributed by atoms with E-state index in [2.05, 4.69) is 6.58 Å². The van der Waals surface area contributed by atoms with Crippen LogP contribution in [0.1, 0.15) is 20.8 Å². The summed E-state index contributed by atoms with van der Waals surface area (Å²) in [5.41, 5.74) is 3.18. The summed E-state index contributed by atoms with van der Waals surface area (Å²) in [5, 5.41) is 6.97. The molecule has 13 heavy (non-hydrogen) atoms. The van der Waals surface area contributed by atoms with Crippen LogP contribution in [0.3, 0.4) is 0 Å². The van der Waals surface area contributed by atoms with E-state index in [-0.39, 0.29) is 0 Å². The molecular formula is C12H17N. The van der Waals surface area contributed by atoms with Crippen LogP contribution in [-0.4, -0.2) is 6.21 Å². The zero-order valence-corrected chi connectivity index (χ0v) is 8.59. The van der Waals surface area contributed by atoms with Crippen molar-refractivity contribution in [2.45, 2.75) is 20.8 Å². The van der Waals surface area contributed by atoms with Gasteiger partial charge >= 0.3 is 0 Å². The van der Waals surface area contributed by atoms with Crippen molar-refractivity contribution in [1.82, 2.24) is 0 Å². The second-order valence-electron chi connectivity index (χ2n) is 2.94. The third-order valence-corrected chi connectivity index (χ3v) is 1.74. The molecule has 0 aliphatic carbocycles. The van der Waals surface area contributed by atoms with Crippen LogP contribution in [0.4, 0.5) is 0 Å². The number of hydrogen-bond donors (Lipinski definition) is 1. The summed E-state index contributed by atoms with van der Waals surface area (Å²) in [4.78, 5) is 0. The molecule has 0 spiro atoms. The summed E-state index contributed by atoms with van der Waals surface area (Å²) in [6.07, 6.45) is 9.05. The molecule has 1 N–H and O–H groups in total. The van der Waals surface area contributed by atoms with Crippen LogP contribution < -0.4 is 0 Å². The first-order valence-electron chi connectivity index (χ1n) is 4.29. The molecule has 0 heterocycles. The van der Waals surface area contributed by atoms with Gasteiger partial charge in [-0.1, -0.05) is 36.0 Å². The molecule has 0 aliphatic heterocycles. The van der Waals surface area contributed by atoms with Crippen molar-refractivity contribution in [3.8, 4) is 0 Å². The van der Waals surface area contributed by atoms with Crippen molar-refractivity contribution < 1.29 is 0 Å². The molecule has 1 nitrogen and oxygen atoms in total. The largest absolute Gasteiger partial charge is 0.309 e. The van der Waals surface area contributed by atoms with Crippen molar-refractivity contribution in [3.63, 3.8) is 0 Å². The lowest BCUT2D eigenvalue weighted by Crippen LogP contribution is -1.80. The first-order valence-corrected chi connectivity index (χ1v) is 4.29. The summed E-state index contributed by atoms with van der Waals surface area (Å²) in [7, 11) is 0. The molecule has 0 fully saturated rings. The average Bonchev–Trinajstić information content (AvgIpc) is 2.11. The second-order valence-corrected chi connectivity index (χ2v) is 2.94. The Bertz CT molecular complexity index is 277. The third kappa shape index (κ3) is 4.96. The fourth-order valence-corrected chi connectivity index (χ4v) is 0.747. The van der Waals surface area contributed by atoms with Crippen LogP contribution in [0.2, 0.25) is 0 Å². The van der Waals surface area contributed by atoms with Crippen LogP contribution in [-0.2, 0) is 0 Å². The molecule has 0 aromatic carbocycles. The van der Waals surface area contributed by atoms with Gasteiger partial charge in [0.1, 0.15) is 0 Å². The van der Waals surface area contributed by atoms with Gasteiger partial charge in [0.2, 0.25) is 0 Å².